The second-order valence-corrected chi connectivity index (χ2v) is 12.9. The number of aliphatic hydroxyl groups is 1. The Labute approximate surface area is 280 Å². The molecule has 0 saturated carbocycles. The molecule has 0 aromatic heterocycles. The molecule has 11 nitrogen and oxygen atoms in total. The predicted molar refractivity (Wildman–Crippen MR) is 172 cm³/mol. The maximum absolute atomic E-state index is 16.2. The van der Waals surface area contributed by atoms with Crippen LogP contribution in [0.5, 0.6) is 0 Å². The number of aliphatic hydroxyl groups excluding tert-OH is 1. The van der Waals surface area contributed by atoms with Crippen LogP contribution in [0.25, 0.3) is 0 Å². The van der Waals surface area contributed by atoms with Crippen molar-refractivity contribution in [3.05, 3.63) is 103 Å². The van der Waals surface area contributed by atoms with E-state index >= 15 is 4.39 Å². The third kappa shape index (κ3) is 5.77. The predicted octanol–water partition coefficient (Wildman–Crippen LogP) is 5.02. The molecule has 14 heteroatoms. The maximum Gasteiger partial charge on any atom is 0.338 e. The molecule has 248 valence electrons. The Morgan fingerprint density at radius 1 is 1.26 bits per heavy atom. The Morgan fingerprint density at radius 3 is 2.77 bits per heavy atom. The van der Waals surface area contributed by atoms with Gasteiger partial charge in [-0.1, -0.05) is 47.5 Å². The van der Waals surface area contributed by atoms with E-state index in [9.17, 15) is 24.8 Å². The van der Waals surface area contributed by atoms with E-state index in [0.29, 0.717) is 36.0 Å². The van der Waals surface area contributed by atoms with Crippen LogP contribution >= 0.6 is 23.2 Å². The highest BCUT2D eigenvalue weighted by Gasteiger charge is 2.67. The zero-order valence-corrected chi connectivity index (χ0v) is 26.9. The number of esters is 1. The standard InChI is InChI=1S/C33H33Cl2FN4O7/c1-46-31(42)19-7-8-20(26(12-19)40(44)45)14-37-30-27(16-41)39(15-18-4-3-11-47-17-18)33(28(30)22-5-2-6-24(35)29(22)36)23-10-9-21(34)13-25(23)38-32(33)43/h2,5-10,12-13,18,27-28,30,37,41H,3-4,11,14-17H2,1H3,(H,38,43)/t18?,27-,28-,30+,33+/m0/s1. The molecule has 3 aromatic rings. The molecule has 5 atom stereocenters. The van der Waals surface area contributed by atoms with Gasteiger partial charge in [-0.2, -0.15) is 0 Å². The molecule has 1 spiro atoms. The fraction of sp³-hybridized carbons (Fsp3) is 0.394. The largest absolute Gasteiger partial charge is 0.465 e. The number of nitro groups is 1. The number of nitrogens with zero attached hydrogens (tertiary/aromatic N) is 2. The lowest BCUT2D eigenvalue weighted by Gasteiger charge is -2.41. The molecular weight excluding hydrogens is 654 g/mol. The van der Waals surface area contributed by atoms with Gasteiger partial charge in [0.2, 0.25) is 5.91 Å². The maximum atomic E-state index is 16.2. The SMILES string of the molecule is COC(=O)c1ccc(CN[C@@H]2[C@H](CO)N(CC3CCCOC3)[C@@]3(C(=O)Nc4cc(Cl)ccc43)[C@H]2c2cccc(Cl)c2F)c([N+](=O)[O-])c1. The summed E-state index contributed by atoms with van der Waals surface area (Å²) < 4.78 is 26.7. The lowest BCUT2D eigenvalue weighted by Crippen LogP contribution is -2.54. The number of anilines is 1. The van der Waals surface area contributed by atoms with E-state index in [4.69, 9.17) is 32.7 Å². The van der Waals surface area contributed by atoms with Crippen LogP contribution < -0.4 is 10.6 Å². The van der Waals surface area contributed by atoms with Gasteiger partial charge in [-0.25, -0.2) is 9.18 Å². The number of fused-ring (bicyclic) bond motifs is 2. The molecule has 3 N–H and O–H groups in total. The highest BCUT2D eigenvalue weighted by atomic mass is 35.5. The number of ether oxygens (including phenoxy) is 2. The Morgan fingerprint density at radius 2 is 2.06 bits per heavy atom. The van der Waals surface area contributed by atoms with Gasteiger partial charge in [0.05, 0.1) is 41.9 Å². The minimum absolute atomic E-state index is 0.00801. The molecule has 0 radical (unpaired) electrons. The number of halogens is 3. The van der Waals surface area contributed by atoms with Crippen LogP contribution in [0.4, 0.5) is 15.8 Å². The second-order valence-electron chi connectivity index (χ2n) is 12.0. The van der Waals surface area contributed by atoms with Crippen molar-refractivity contribution in [2.75, 3.05) is 38.8 Å². The van der Waals surface area contributed by atoms with Crippen molar-refractivity contribution in [2.24, 2.45) is 5.92 Å². The number of amides is 1. The van der Waals surface area contributed by atoms with Gasteiger partial charge in [-0.05, 0) is 48.6 Å². The highest BCUT2D eigenvalue weighted by Crippen LogP contribution is 2.58. The Kier molecular flexibility index (Phi) is 9.52. The number of carbonyl (C=O) groups excluding carboxylic acids is 2. The lowest BCUT2D eigenvalue weighted by atomic mass is 9.73. The number of hydrogen-bond donors (Lipinski definition) is 3. The van der Waals surface area contributed by atoms with Crippen molar-refractivity contribution in [2.45, 2.75) is 42.9 Å². The van der Waals surface area contributed by atoms with Crippen LogP contribution in [0.15, 0.2) is 54.6 Å². The Hall–Kier alpha value is -3.65. The Balaban J connectivity index is 1.52. The number of likely N-dealkylation sites (tertiary alicyclic amines) is 1. The van der Waals surface area contributed by atoms with Crippen molar-refractivity contribution in [3.8, 4) is 0 Å². The zero-order valence-electron chi connectivity index (χ0n) is 25.4. The van der Waals surface area contributed by atoms with Crippen molar-refractivity contribution in [1.29, 1.82) is 0 Å². The summed E-state index contributed by atoms with van der Waals surface area (Å²) in [5, 5.41) is 29.7. The summed E-state index contributed by atoms with van der Waals surface area (Å²) in [7, 11) is 1.18. The van der Waals surface area contributed by atoms with Crippen molar-refractivity contribution in [3.63, 3.8) is 0 Å². The molecule has 0 aliphatic carbocycles. The first-order valence-corrected chi connectivity index (χ1v) is 16.0. The monoisotopic (exact) mass is 686 g/mol. The van der Waals surface area contributed by atoms with Gasteiger partial charge < -0.3 is 25.2 Å². The molecule has 1 amide bonds. The van der Waals surface area contributed by atoms with Crippen molar-refractivity contribution in [1.82, 2.24) is 10.2 Å². The lowest BCUT2D eigenvalue weighted by molar-refractivity contribution is -0.385. The van der Waals surface area contributed by atoms with Crippen LogP contribution in [0.2, 0.25) is 10.0 Å². The molecule has 6 rings (SSSR count). The summed E-state index contributed by atoms with van der Waals surface area (Å²) in [4.78, 5) is 40.1. The molecule has 0 bridgehead atoms. The molecule has 3 aliphatic rings. The summed E-state index contributed by atoms with van der Waals surface area (Å²) >= 11 is 12.7. The first-order valence-electron chi connectivity index (χ1n) is 15.2. The number of nitrogens with one attached hydrogen (secondary N) is 2. The Bertz CT molecular complexity index is 1720. The molecule has 3 heterocycles. The number of nitro benzene ring substituents is 1. The first-order chi connectivity index (χ1) is 22.6. The van der Waals surface area contributed by atoms with E-state index < -0.39 is 52.8 Å². The summed E-state index contributed by atoms with van der Waals surface area (Å²) in [6, 6.07) is 12.0. The quantitative estimate of drug-likeness (QED) is 0.161. The number of hydrogen-bond acceptors (Lipinski definition) is 9. The third-order valence-electron chi connectivity index (χ3n) is 9.51. The molecule has 47 heavy (non-hydrogen) atoms. The van der Waals surface area contributed by atoms with E-state index in [1.807, 2.05) is 4.90 Å². The third-order valence-corrected chi connectivity index (χ3v) is 10.0. The summed E-state index contributed by atoms with van der Waals surface area (Å²) in [5.41, 5.74) is -0.447. The normalized spacial score (nSPS) is 25.5. The van der Waals surface area contributed by atoms with Gasteiger partial charge >= 0.3 is 5.97 Å². The van der Waals surface area contributed by atoms with E-state index in [2.05, 4.69) is 10.6 Å². The highest BCUT2D eigenvalue weighted by molar-refractivity contribution is 6.31. The fourth-order valence-corrected chi connectivity index (χ4v) is 7.87. The fourth-order valence-electron chi connectivity index (χ4n) is 7.51. The molecular formula is C33H33Cl2FN4O7. The van der Waals surface area contributed by atoms with Gasteiger partial charge in [0.1, 0.15) is 11.4 Å². The zero-order chi connectivity index (χ0) is 33.5. The van der Waals surface area contributed by atoms with E-state index in [-0.39, 0.29) is 39.9 Å². The average molecular weight is 688 g/mol. The van der Waals surface area contributed by atoms with Gasteiger partial charge in [-0.15, -0.1) is 0 Å². The molecule has 2 saturated heterocycles. The van der Waals surface area contributed by atoms with Gasteiger partial charge in [0, 0.05) is 59.6 Å². The van der Waals surface area contributed by atoms with Crippen LogP contribution in [-0.4, -0.2) is 72.4 Å². The minimum atomic E-state index is -1.53. The number of rotatable bonds is 9. The topological polar surface area (TPSA) is 143 Å². The number of carbonyl (C=O) groups is 2. The molecule has 3 aromatic carbocycles. The van der Waals surface area contributed by atoms with E-state index in [0.717, 1.165) is 18.9 Å². The van der Waals surface area contributed by atoms with Crippen molar-refractivity contribution < 1.29 is 33.5 Å². The molecule has 3 aliphatic heterocycles. The van der Waals surface area contributed by atoms with Crippen LogP contribution in [0.1, 0.15) is 45.8 Å². The van der Waals surface area contributed by atoms with Crippen molar-refractivity contribution >= 4 is 46.5 Å². The van der Waals surface area contributed by atoms with Crippen LogP contribution in [-0.2, 0) is 26.4 Å². The number of benzene rings is 3. The van der Waals surface area contributed by atoms with Gasteiger partial charge in [0.15, 0.2) is 0 Å². The summed E-state index contributed by atoms with van der Waals surface area (Å²) in [5.74, 6) is -2.83. The van der Waals surface area contributed by atoms with E-state index in [1.54, 1.807) is 30.3 Å². The van der Waals surface area contributed by atoms with Crippen LogP contribution in [0, 0.1) is 21.8 Å². The summed E-state index contributed by atoms with van der Waals surface area (Å²) in [6.07, 6.45) is 1.65. The smallest absolute Gasteiger partial charge is 0.338 e. The minimum Gasteiger partial charge on any atom is -0.465 e. The molecule has 1 unspecified atom stereocenters. The second kappa shape index (κ2) is 13.5. The first kappa shape index (κ1) is 33.3. The van der Waals surface area contributed by atoms with Crippen LogP contribution in [0.3, 0.4) is 0 Å². The summed E-state index contributed by atoms with van der Waals surface area (Å²) in [6.45, 7) is 0.883. The average Bonchev–Trinajstić information content (AvgIpc) is 3.50. The van der Waals surface area contributed by atoms with Gasteiger partial charge in [-0.3, -0.25) is 19.8 Å². The molecule has 2 fully saturated rings. The van der Waals surface area contributed by atoms with Gasteiger partial charge in [0.25, 0.3) is 5.69 Å². The number of methoxy groups -OCH3 is 1. The van der Waals surface area contributed by atoms with E-state index in [1.165, 1.54) is 25.3 Å².